The van der Waals surface area contributed by atoms with Crippen molar-refractivity contribution in [1.82, 2.24) is 5.32 Å². The van der Waals surface area contributed by atoms with E-state index in [1.165, 1.54) is 26.0 Å². The molecule has 0 fully saturated rings. The summed E-state index contributed by atoms with van der Waals surface area (Å²) in [6.45, 7) is 3.34. The molecule has 7 heteroatoms. The van der Waals surface area contributed by atoms with Crippen molar-refractivity contribution in [3.8, 4) is 0 Å². The van der Waals surface area contributed by atoms with Crippen LogP contribution in [0, 0.1) is 5.82 Å². The zero-order chi connectivity index (χ0) is 18.9. The van der Waals surface area contributed by atoms with Gasteiger partial charge in [0.2, 0.25) is 5.91 Å². The first kappa shape index (κ1) is 17.9. The lowest BCUT2D eigenvalue weighted by molar-refractivity contribution is -0.121. The summed E-state index contributed by atoms with van der Waals surface area (Å²) < 4.78 is 12.9. The fourth-order valence-corrected chi connectivity index (χ4v) is 2.72. The van der Waals surface area contributed by atoms with Gasteiger partial charge in [0.1, 0.15) is 11.9 Å². The Morgan fingerprint density at radius 3 is 2.54 bits per heavy atom. The molecule has 2 aromatic rings. The average molecular weight is 357 g/mol. The molecule has 0 aliphatic carbocycles. The summed E-state index contributed by atoms with van der Waals surface area (Å²) in [4.78, 5) is 24.4. The van der Waals surface area contributed by atoms with Crippen molar-refractivity contribution in [2.75, 3.05) is 10.6 Å². The highest BCUT2D eigenvalue weighted by molar-refractivity contribution is 6.05. The minimum Gasteiger partial charge on any atom is -0.388 e. The first-order valence-corrected chi connectivity index (χ1v) is 8.20. The van der Waals surface area contributed by atoms with E-state index in [1.54, 1.807) is 30.3 Å². The molecule has 2 amide bonds. The lowest BCUT2D eigenvalue weighted by Crippen LogP contribution is -2.52. The van der Waals surface area contributed by atoms with Crippen molar-refractivity contribution in [3.05, 3.63) is 59.4 Å². The Kier molecular flexibility index (Phi) is 4.65. The Hall–Kier alpha value is -2.93. The van der Waals surface area contributed by atoms with Crippen LogP contribution in [0.15, 0.2) is 42.5 Å². The molecule has 0 spiro atoms. The molecule has 2 aromatic carbocycles. The Labute approximate surface area is 150 Å². The number of nitrogens with one attached hydrogen (secondary N) is 3. The highest BCUT2D eigenvalue weighted by Crippen LogP contribution is 2.30. The van der Waals surface area contributed by atoms with Gasteiger partial charge in [-0.05, 0) is 49.7 Å². The summed E-state index contributed by atoms with van der Waals surface area (Å²) >= 11 is 0. The number of hydrogen-bond acceptors (Lipinski definition) is 4. The second-order valence-corrected chi connectivity index (χ2v) is 6.79. The lowest BCUT2D eigenvalue weighted by Gasteiger charge is -2.34. The molecule has 0 aromatic heterocycles. The molecule has 136 valence electrons. The fraction of sp³-hybridized carbons (Fsp3) is 0.263. The predicted molar refractivity (Wildman–Crippen MR) is 96.4 cm³/mol. The Morgan fingerprint density at radius 2 is 1.88 bits per heavy atom. The minimum absolute atomic E-state index is 0.270. The van der Waals surface area contributed by atoms with Crippen LogP contribution < -0.4 is 16.0 Å². The minimum atomic E-state index is -1.26. The molecule has 4 N–H and O–H groups in total. The van der Waals surface area contributed by atoms with Gasteiger partial charge in [-0.15, -0.1) is 0 Å². The van der Waals surface area contributed by atoms with Crippen LogP contribution in [-0.4, -0.2) is 28.6 Å². The summed E-state index contributed by atoms with van der Waals surface area (Å²) in [5, 5.41) is 18.6. The smallest absolute Gasteiger partial charge is 0.251 e. The van der Waals surface area contributed by atoms with Gasteiger partial charge in [-0.25, -0.2) is 4.39 Å². The SMILES string of the molecule is CC(C)(O)[C@@H]1Nc2cc(C(=O)NCc3ccc(F)cc3)ccc2NC1=O. The Balaban J connectivity index is 1.73. The van der Waals surface area contributed by atoms with E-state index in [4.69, 9.17) is 0 Å². The molecule has 1 heterocycles. The topological polar surface area (TPSA) is 90.5 Å². The molecule has 1 aliphatic heterocycles. The van der Waals surface area contributed by atoms with E-state index in [-0.39, 0.29) is 24.2 Å². The fourth-order valence-electron chi connectivity index (χ4n) is 2.72. The van der Waals surface area contributed by atoms with Crippen LogP contribution in [0.3, 0.4) is 0 Å². The molecule has 6 nitrogen and oxygen atoms in total. The van der Waals surface area contributed by atoms with Gasteiger partial charge in [-0.1, -0.05) is 12.1 Å². The standard InChI is InChI=1S/C19H20FN3O3/c1-19(2,26)16-18(25)23-14-8-5-12(9-15(14)22-16)17(24)21-10-11-3-6-13(20)7-4-11/h3-9,16,22,26H,10H2,1-2H3,(H,21,24)(H,23,25)/t16-/m1/s1. The Bertz CT molecular complexity index is 844. The number of fused-ring (bicyclic) bond motifs is 1. The lowest BCUT2D eigenvalue weighted by atomic mass is 9.95. The zero-order valence-electron chi connectivity index (χ0n) is 14.5. The maximum atomic E-state index is 12.9. The number of aliphatic hydroxyl groups is 1. The van der Waals surface area contributed by atoms with Crippen molar-refractivity contribution in [2.45, 2.75) is 32.0 Å². The third kappa shape index (κ3) is 3.83. The van der Waals surface area contributed by atoms with Crippen LogP contribution in [0.25, 0.3) is 0 Å². The first-order chi connectivity index (χ1) is 12.2. The van der Waals surface area contributed by atoms with E-state index in [0.717, 1.165) is 5.56 Å². The molecule has 0 unspecified atom stereocenters. The number of carbonyl (C=O) groups excluding carboxylic acids is 2. The van der Waals surface area contributed by atoms with E-state index in [9.17, 15) is 19.1 Å². The average Bonchev–Trinajstić information content (AvgIpc) is 2.59. The van der Waals surface area contributed by atoms with E-state index < -0.39 is 11.6 Å². The quantitative estimate of drug-likeness (QED) is 0.676. The molecule has 0 saturated carbocycles. The normalized spacial score (nSPS) is 16.3. The maximum Gasteiger partial charge on any atom is 0.251 e. The summed E-state index contributed by atoms with van der Waals surface area (Å²) in [5.41, 5.74) is 1.04. The number of anilines is 2. The molecular weight excluding hydrogens is 337 g/mol. The van der Waals surface area contributed by atoms with Gasteiger partial charge in [0.25, 0.3) is 5.91 Å². The summed E-state index contributed by atoms with van der Waals surface area (Å²) in [6, 6.07) is 9.91. The number of benzene rings is 2. The van der Waals surface area contributed by atoms with Gasteiger partial charge in [0, 0.05) is 12.1 Å². The first-order valence-electron chi connectivity index (χ1n) is 8.20. The van der Waals surface area contributed by atoms with Crippen LogP contribution in [0.2, 0.25) is 0 Å². The van der Waals surface area contributed by atoms with Crippen LogP contribution in [-0.2, 0) is 11.3 Å². The van der Waals surface area contributed by atoms with Crippen molar-refractivity contribution < 1.29 is 19.1 Å². The number of rotatable bonds is 4. The molecule has 26 heavy (non-hydrogen) atoms. The highest BCUT2D eigenvalue weighted by atomic mass is 19.1. The van der Waals surface area contributed by atoms with Crippen molar-refractivity contribution in [2.24, 2.45) is 0 Å². The maximum absolute atomic E-state index is 12.9. The summed E-state index contributed by atoms with van der Waals surface area (Å²) in [6.07, 6.45) is 0. The van der Waals surface area contributed by atoms with Crippen LogP contribution in [0.4, 0.5) is 15.8 Å². The van der Waals surface area contributed by atoms with Gasteiger partial charge in [-0.3, -0.25) is 9.59 Å². The molecule has 0 radical (unpaired) electrons. The van der Waals surface area contributed by atoms with Gasteiger partial charge >= 0.3 is 0 Å². The second kappa shape index (κ2) is 6.76. The van der Waals surface area contributed by atoms with Crippen LogP contribution >= 0.6 is 0 Å². The van der Waals surface area contributed by atoms with Gasteiger partial charge in [0.15, 0.2) is 0 Å². The molecule has 1 atom stereocenters. The van der Waals surface area contributed by atoms with Crippen molar-refractivity contribution in [1.29, 1.82) is 0 Å². The third-order valence-electron chi connectivity index (χ3n) is 4.17. The molecular formula is C19H20FN3O3. The monoisotopic (exact) mass is 357 g/mol. The Morgan fingerprint density at radius 1 is 1.19 bits per heavy atom. The predicted octanol–water partition coefficient (Wildman–Crippen LogP) is 2.26. The summed E-state index contributed by atoms with van der Waals surface area (Å²) in [7, 11) is 0. The molecule has 0 bridgehead atoms. The van der Waals surface area contributed by atoms with E-state index >= 15 is 0 Å². The largest absolute Gasteiger partial charge is 0.388 e. The molecule has 0 saturated heterocycles. The van der Waals surface area contributed by atoms with E-state index in [1.807, 2.05) is 0 Å². The third-order valence-corrected chi connectivity index (χ3v) is 4.17. The van der Waals surface area contributed by atoms with Gasteiger partial charge in [-0.2, -0.15) is 0 Å². The van der Waals surface area contributed by atoms with Crippen LogP contribution in [0.1, 0.15) is 29.8 Å². The van der Waals surface area contributed by atoms with Crippen LogP contribution in [0.5, 0.6) is 0 Å². The number of hydrogen-bond donors (Lipinski definition) is 4. The number of carbonyl (C=O) groups is 2. The van der Waals surface area contributed by atoms with Crippen molar-refractivity contribution in [3.63, 3.8) is 0 Å². The van der Waals surface area contributed by atoms with E-state index in [2.05, 4.69) is 16.0 Å². The number of halogens is 1. The van der Waals surface area contributed by atoms with E-state index in [0.29, 0.717) is 16.9 Å². The van der Waals surface area contributed by atoms with Gasteiger partial charge < -0.3 is 21.1 Å². The number of amides is 2. The zero-order valence-corrected chi connectivity index (χ0v) is 14.5. The summed E-state index contributed by atoms with van der Waals surface area (Å²) in [5.74, 6) is -0.960. The molecule has 1 aliphatic rings. The highest BCUT2D eigenvalue weighted by Gasteiger charge is 2.37. The molecule has 3 rings (SSSR count). The second-order valence-electron chi connectivity index (χ2n) is 6.79. The van der Waals surface area contributed by atoms with Gasteiger partial charge in [0.05, 0.1) is 17.0 Å². The van der Waals surface area contributed by atoms with Crippen molar-refractivity contribution >= 4 is 23.2 Å².